The molecule has 0 aromatic carbocycles. The second-order valence-electron chi connectivity index (χ2n) is 6.38. The van der Waals surface area contributed by atoms with Gasteiger partial charge in [-0.3, -0.25) is 4.79 Å². The smallest absolute Gasteiger partial charge is 0.305 e. The maximum atomic E-state index is 11.5. The lowest BCUT2D eigenvalue weighted by molar-refractivity contribution is -0.153. The molecule has 0 aromatic rings. The second kappa shape index (κ2) is 3.37. The summed E-state index contributed by atoms with van der Waals surface area (Å²) in [6.07, 6.45) is 9.53. The Labute approximate surface area is 102 Å². The summed E-state index contributed by atoms with van der Waals surface area (Å²) in [5.74, 6) is 4.98. The Bertz CT molecular complexity index is 386. The van der Waals surface area contributed by atoms with Gasteiger partial charge in [-0.2, -0.15) is 0 Å². The van der Waals surface area contributed by atoms with Gasteiger partial charge in [-0.25, -0.2) is 0 Å². The third-order valence-electron chi connectivity index (χ3n) is 5.78. The van der Waals surface area contributed by atoms with Gasteiger partial charge < -0.3 is 4.74 Å². The minimum absolute atomic E-state index is 0.00204. The van der Waals surface area contributed by atoms with E-state index < -0.39 is 0 Å². The summed E-state index contributed by atoms with van der Waals surface area (Å²) in [5.41, 5.74) is 0. The maximum Gasteiger partial charge on any atom is 0.305 e. The molecule has 4 aliphatic rings. The van der Waals surface area contributed by atoms with Crippen LogP contribution in [0.15, 0.2) is 12.2 Å². The molecule has 3 saturated carbocycles. The van der Waals surface area contributed by atoms with Gasteiger partial charge in [0.2, 0.25) is 0 Å². The van der Waals surface area contributed by atoms with E-state index in [0.717, 1.165) is 36.0 Å². The molecule has 0 N–H and O–H groups in total. The minimum atomic E-state index is -0.00204. The predicted molar refractivity (Wildman–Crippen MR) is 64.1 cm³/mol. The maximum absolute atomic E-state index is 11.5. The summed E-state index contributed by atoms with van der Waals surface area (Å²) in [6.45, 7) is 1.89. The van der Waals surface area contributed by atoms with Crippen LogP contribution in [0.2, 0.25) is 0 Å². The van der Waals surface area contributed by atoms with Gasteiger partial charge in [0.05, 0.1) is 0 Å². The molecule has 7 unspecified atom stereocenters. The summed E-state index contributed by atoms with van der Waals surface area (Å²) < 4.78 is 5.65. The van der Waals surface area contributed by atoms with E-state index in [1.807, 2.05) is 6.92 Å². The number of ether oxygens (including phenoxy) is 1. The minimum Gasteiger partial charge on any atom is -0.462 e. The van der Waals surface area contributed by atoms with E-state index in [4.69, 9.17) is 4.74 Å². The molecular weight excluding hydrogens is 212 g/mol. The van der Waals surface area contributed by atoms with E-state index in [0.29, 0.717) is 12.3 Å². The van der Waals surface area contributed by atoms with Crippen LogP contribution in [0.25, 0.3) is 0 Å². The summed E-state index contributed by atoms with van der Waals surface area (Å²) in [4.78, 5) is 11.5. The van der Waals surface area contributed by atoms with E-state index in [-0.39, 0.29) is 12.1 Å². The molecule has 2 heteroatoms. The fourth-order valence-corrected chi connectivity index (χ4v) is 5.34. The van der Waals surface area contributed by atoms with Crippen molar-refractivity contribution in [2.75, 3.05) is 0 Å². The standard InChI is InChI=1S/C15H20O2/c1-2-13(16)17-12-7-10-6-11(12)15-9-4-3-8(5-9)14(10)15/h3-4,8-12,14-15H,2,5-7H2,1H3. The lowest BCUT2D eigenvalue weighted by Crippen LogP contribution is -2.36. The van der Waals surface area contributed by atoms with Crippen molar-refractivity contribution < 1.29 is 9.53 Å². The molecule has 0 aliphatic heterocycles. The zero-order chi connectivity index (χ0) is 11.6. The second-order valence-corrected chi connectivity index (χ2v) is 6.38. The molecule has 7 atom stereocenters. The van der Waals surface area contributed by atoms with Crippen LogP contribution in [0, 0.1) is 35.5 Å². The number of hydrogen-bond acceptors (Lipinski definition) is 2. The first kappa shape index (κ1) is 10.2. The normalized spacial score (nSPS) is 53.1. The number of fused-ring (bicyclic) bond motifs is 9. The quantitative estimate of drug-likeness (QED) is 0.416. The molecule has 0 heterocycles. The number of esters is 1. The SMILES string of the molecule is CCC(=O)OC1CC2CC1C1C3C=CC(C3)C21. The van der Waals surface area contributed by atoms with Crippen molar-refractivity contribution in [2.24, 2.45) is 35.5 Å². The lowest BCUT2D eigenvalue weighted by Gasteiger charge is -2.36. The molecule has 3 fully saturated rings. The number of carbonyl (C=O) groups excluding carboxylic acids is 1. The van der Waals surface area contributed by atoms with E-state index in [9.17, 15) is 4.79 Å². The predicted octanol–water partition coefficient (Wildman–Crippen LogP) is 2.79. The van der Waals surface area contributed by atoms with Crippen LogP contribution in [0.5, 0.6) is 0 Å². The van der Waals surface area contributed by atoms with Gasteiger partial charge in [0.25, 0.3) is 0 Å². The molecule has 0 amide bonds. The zero-order valence-corrected chi connectivity index (χ0v) is 10.3. The van der Waals surface area contributed by atoms with Gasteiger partial charge in [0.15, 0.2) is 0 Å². The highest BCUT2D eigenvalue weighted by Gasteiger charge is 2.61. The Morgan fingerprint density at radius 1 is 1.18 bits per heavy atom. The Kier molecular flexibility index (Phi) is 2.01. The van der Waals surface area contributed by atoms with Crippen molar-refractivity contribution >= 4 is 5.97 Å². The molecule has 92 valence electrons. The average Bonchev–Trinajstić information content (AvgIpc) is 3.06. The largest absolute Gasteiger partial charge is 0.462 e. The third-order valence-corrected chi connectivity index (χ3v) is 5.78. The summed E-state index contributed by atoms with van der Waals surface area (Å²) in [7, 11) is 0. The van der Waals surface area contributed by atoms with Gasteiger partial charge in [0, 0.05) is 6.42 Å². The van der Waals surface area contributed by atoms with E-state index in [1.54, 1.807) is 0 Å². The monoisotopic (exact) mass is 232 g/mol. The summed E-state index contributed by atoms with van der Waals surface area (Å²) >= 11 is 0. The van der Waals surface area contributed by atoms with Crippen LogP contribution >= 0.6 is 0 Å². The zero-order valence-electron chi connectivity index (χ0n) is 10.3. The van der Waals surface area contributed by atoms with Crippen LogP contribution < -0.4 is 0 Å². The third kappa shape index (κ3) is 1.24. The average molecular weight is 232 g/mol. The highest BCUT2D eigenvalue weighted by atomic mass is 16.5. The molecule has 0 radical (unpaired) electrons. The van der Waals surface area contributed by atoms with Crippen molar-refractivity contribution in [3.63, 3.8) is 0 Å². The van der Waals surface area contributed by atoms with Gasteiger partial charge >= 0.3 is 5.97 Å². The van der Waals surface area contributed by atoms with E-state index >= 15 is 0 Å². The molecule has 4 bridgehead atoms. The van der Waals surface area contributed by atoms with Crippen LogP contribution in [0.3, 0.4) is 0 Å². The van der Waals surface area contributed by atoms with E-state index in [2.05, 4.69) is 12.2 Å². The Hall–Kier alpha value is -0.790. The van der Waals surface area contributed by atoms with Crippen molar-refractivity contribution in [1.29, 1.82) is 0 Å². The Morgan fingerprint density at radius 3 is 2.71 bits per heavy atom. The van der Waals surface area contributed by atoms with Gasteiger partial charge in [-0.05, 0) is 54.8 Å². The highest BCUT2D eigenvalue weighted by Crippen LogP contribution is 2.65. The number of allylic oxidation sites excluding steroid dienone is 2. The van der Waals surface area contributed by atoms with Crippen LogP contribution in [0.1, 0.15) is 32.6 Å². The Balaban J connectivity index is 1.55. The van der Waals surface area contributed by atoms with Crippen LogP contribution in [-0.2, 0) is 9.53 Å². The van der Waals surface area contributed by atoms with Crippen molar-refractivity contribution in [3.8, 4) is 0 Å². The fraction of sp³-hybridized carbons (Fsp3) is 0.800. The van der Waals surface area contributed by atoms with Crippen molar-refractivity contribution in [3.05, 3.63) is 12.2 Å². The summed E-state index contributed by atoms with van der Waals surface area (Å²) in [5, 5.41) is 0. The molecule has 17 heavy (non-hydrogen) atoms. The topological polar surface area (TPSA) is 26.3 Å². The molecule has 4 rings (SSSR count). The lowest BCUT2D eigenvalue weighted by atomic mass is 9.72. The van der Waals surface area contributed by atoms with Gasteiger partial charge in [0.1, 0.15) is 6.10 Å². The van der Waals surface area contributed by atoms with E-state index in [1.165, 1.54) is 12.8 Å². The van der Waals surface area contributed by atoms with Gasteiger partial charge in [-0.15, -0.1) is 0 Å². The Morgan fingerprint density at radius 2 is 1.94 bits per heavy atom. The first-order valence-corrected chi connectivity index (χ1v) is 7.15. The molecule has 2 nitrogen and oxygen atoms in total. The first-order chi connectivity index (χ1) is 8.28. The molecule has 4 aliphatic carbocycles. The number of rotatable bonds is 2. The molecule has 0 spiro atoms. The highest BCUT2D eigenvalue weighted by molar-refractivity contribution is 5.69. The first-order valence-electron chi connectivity index (χ1n) is 7.15. The number of hydrogen-bond donors (Lipinski definition) is 0. The molecular formula is C15H20O2. The van der Waals surface area contributed by atoms with Crippen LogP contribution in [0.4, 0.5) is 0 Å². The number of carbonyl (C=O) groups is 1. The fourth-order valence-electron chi connectivity index (χ4n) is 5.34. The van der Waals surface area contributed by atoms with Crippen LogP contribution in [-0.4, -0.2) is 12.1 Å². The van der Waals surface area contributed by atoms with Gasteiger partial charge in [-0.1, -0.05) is 19.1 Å². The van der Waals surface area contributed by atoms with Crippen molar-refractivity contribution in [2.45, 2.75) is 38.7 Å². The molecule has 0 saturated heterocycles. The molecule has 0 aromatic heterocycles. The van der Waals surface area contributed by atoms with Crippen molar-refractivity contribution in [1.82, 2.24) is 0 Å². The summed E-state index contributed by atoms with van der Waals surface area (Å²) in [6, 6.07) is 0.